The van der Waals surface area contributed by atoms with Crippen molar-refractivity contribution in [2.24, 2.45) is 0 Å². The molecule has 1 atom stereocenters. The predicted octanol–water partition coefficient (Wildman–Crippen LogP) is 3.71. The van der Waals surface area contributed by atoms with E-state index in [0.29, 0.717) is 5.02 Å². The Bertz CT molecular complexity index is 775. The Kier molecular flexibility index (Phi) is 6.56. The molecule has 3 rings (SSSR count). The third-order valence-electron chi connectivity index (χ3n) is 4.39. The van der Waals surface area contributed by atoms with E-state index in [-0.39, 0.29) is 17.8 Å². The van der Waals surface area contributed by atoms with Gasteiger partial charge in [0.2, 0.25) is 5.91 Å². The maximum Gasteiger partial charge on any atom is 0.234 e. The lowest BCUT2D eigenvalue weighted by Crippen LogP contribution is -2.19. The van der Waals surface area contributed by atoms with E-state index in [1.54, 1.807) is 6.07 Å². The van der Waals surface area contributed by atoms with Crippen LogP contribution in [0.4, 0.5) is 5.69 Å². The highest BCUT2D eigenvalue weighted by Gasteiger charge is 2.21. The summed E-state index contributed by atoms with van der Waals surface area (Å²) >= 11 is 7.49. The summed E-state index contributed by atoms with van der Waals surface area (Å²) in [6.45, 7) is 5.50. The van der Waals surface area contributed by atoms with Gasteiger partial charge in [0, 0.05) is 23.7 Å². The molecule has 1 N–H and O–H groups in total. The van der Waals surface area contributed by atoms with Crippen LogP contribution in [0.15, 0.2) is 23.4 Å². The Morgan fingerprint density at radius 3 is 3.04 bits per heavy atom. The molecule has 1 aliphatic rings. The van der Waals surface area contributed by atoms with Crippen LogP contribution in [0.5, 0.6) is 0 Å². The molecule has 1 fully saturated rings. The minimum atomic E-state index is -0.0925. The zero-order valence-corrected chi connectivity index (χ0v) is 16.6. The van der Waals surface area contributed by atoms with Gasteiger partial charge >= 0.3 is 0 Å². The Morgan fingerprint density at radius 2 is 2.31 bits per heavy atom. The predicted molar refractivity (Wildman–Crippen MR) is 104 cm³/mol. The van der Waals surface area contributed by atoms with E-state index in [9.17, 15) is 4.79 Å². The highest BCUT2D eigenvalue weighted by atomic mass is 35.5. The first-order valence-corrected chi connectivity index (χ1v) is 10.2. The first-order chi connectivity index (χ1) is 12.6. The third kappa shape index (κ3) is 4.58. The number of hydrogen-bond acceptors (Lipinski definition) is 5. The molecule has 26 heavy (non-hydrogen) atoms. The molecule has 0 radical (unpaired) electrons. The Labute approximate surface area is 162 Å². The van der Waals surface area contributed by atoms with E-state index in [1.165, 1.54) is 11.8 Å². The van der Waals surface area contributed by atoms with Crippen LogP contribution >= 0.6 is 23.4 Å². The van der Waals surface area contributed by atoms with Gasteiger partial charge in [0.25, 0.3) is 0 Å². The van der Waals surface area contributed by atoms with E-state index in [1.807, 2.05) is 19.1 Å². The number of anilines is 1. The summed E-state index contributed by atoms with van der Waals surface area (Å²) in [5.74, 6) is 1.10. The number of carbonyl (C=O) groups excluding carboxylic acids is 1. The first kappa shape index (κ1) is 19.2. The highest BCUT2D eigenvalue weighted by molar-refractivity contribution is 7.99. The fraction of sp³-hybridized carbons (Fsp3) is 0.500. The largest absolute Gasteiger partial charge is 0.376 e. The molecule has 1 aromatic heterocycles. The van der Waals surface area contributed by atoms with Crippen LogP contribution in [0.3, 0.4) is 0 Å². The quantitative estimate of drug-likeness (QED) is 0.725. The number of hydrogen-bond donors (Lipinski definition) is 1. The van der Waals surface area contributed by atoms with E-state index in [2.05, 4.69) is 27.0 Å². The van der Waals surface area contributed by atoms with Gasteiger partial charge in [0.1, 0.15) is 5.82 Å². The molecular weight excluding hydrogens is 372 g/mol. The van der Waals surface area contributed by atoms with Crippen LogP contribution in [-0.2, 0) is 22.5 Å². The molecule has 1 unspecified atom stereocenters. The molecule has 1 aliphatic heterocycles. The number of benzene rings is 1. The van der Waals surface area contributed by atoms with Crippen molar-refractivity contribution in [3.05, 3.63) is 34.6 Å². The smallest absolute Gasteiger partial charge is 0.234 e. The number of carbonyl (C=O) groups is 1. The zero-order valence-electron chi connectivity index (χ0n) is 15.0. The maximum atomic E-state index is 12.3. The molecule has 1 saturated heterocycles. The Balaban J connectivity index is 1.62. The number of ether oxygens (including phenoxy) is 1. The van der Waals surface area contributed by atoms with Crippen molar-refractivity contribution in [1.82, 2.24) is 14.8 Å². The molecule has 140 valence electrons. The molecule has 6 nitrogen and oxygen atoms in total. The van der Waals surface area contributed by atoms with Gasteiger partial charge in [-0.15, -0.1) is 10.2 Å². The van der Waals surface area contributed by atoms with Gasteiger partial charge < -0.3 is 14.6 Å². The summed E-state index contributed by atoms with van der Waals surface area (Å²) in [4.78, 5) is 12.3. The number of amides is 1. The average molecular weight is 395 g/mol. The summed E-state index contributed by atoms with van der Waals surface area (Å²) < 4.78 is 7.81. The zero-order chi connectivity index (χ0) is 18.5. The number of thioether (sulfide) groups is 1. The first-order valence-electron chi connectivity index (χ1n) is 8.80. The second-order valence-corrected chi connectivity index (χ2v) is 7.60. The standard InChI is InChI=1S/C18H23ClN4O2S/c1-3-16-21-22-18(23(16)10-13-6-5-9-25-13)26-11-17(24)20-15-8-4-7-14(19)12(15)2/h4,7-8,13H,3,5-6,9-11H2,1-2H3,(H,20,24). The number of nitrogens with one attached hydrogen (secondary N) is 1. The van der Waals surface area contributed by atoms with Crippen molar-refractivity contribution < 1.29 is 9.53 Å². The van der Waals surface area contributed by atoms with E-state index in [4.69, 9.17) is 16.3 Å². The lowest BCUT2D eigenvalue weighted by Gasteiger charge is -2.14. The van der Waals surface area contributed by atoms with E-state index < -0.39 is 0 Å². The maximum absolute atomic E-state index is 12.3. The van der Waals surface area contributed by atoms with Gasteiger partial charge in [-0.25, -0.2) is 0 Å². The third-order valence-corrected chi connectivity index (χ3v) is 5.77. The number of aryl methyl sites for hydroxylation is 1. The summed E-state index contributed by atoms with van der Waals surface area (Å²) in [5, 5.41) is 12.8. The monoisotopic (exact) mass is 394 g/mol. The molecule has 2 aromatic rings. The summed E-state index contributed by atoms with van der Waals surface area (Å²) in [5.41, 5.74) is 1.60. The number of halogens is 1. The molecule has 1 amide bonds. The molecule has 8 heteroatoms. The van der Waals surface area contributed by atoms with Crippen LogP contribution in [0, 0.1) is 6.92 Å². The normalized spacial score (nSPS) is 16.8. The van der Waals surface area contributed by atoms with Crippen LogP contribution < -0.4 is 5.32 Å². The molecule has 0 saturated carbocycles. The molecule has 0 spiro atoms. The average Bonchev–Trinajstić information content (AvgIpc) is 3.27. The lowest BCUT2D eigenvalue weighted by molar-refractivity contribution is -0.113. The molecule has 0 aliphatic carbocycles. The van der Waals surface area contributed by atoms with Gasteiger partial charge in [-0.1, -0.05) is 36.4 Å². The van der Waals surface area contributed by atoms with Gasteiger partial charge in [0.05, 0.1) is 18.4 Å². The van der Waals surface area contributed by atoms with Gasteiger partial charge in [0.15, 0.2) is 5.16 Å². The van der Waals surface area contributed by atoms with Gasteiger partial charge in [-0.2, -0.15) is 0 Å². The minimum Gasteiger partial charge on any atom is -0.376 e. The van der Waals surface area contributed by atoms with Crippen molar-refractivity contribution in [3.63, 3.8) is 0 Å². The number of rotatable bonds is 7. The van der Waals surface area contributed by atoms with Gasteiger partial charge in [-0.3, -0.25) is 4.79 Å². The van der Waals surface area contributed by atoms with Crippen LogP contribution in [0.2, 0.25) is 5.02 Å². The number of aromatic nitrogens is 3. The summed E-state index contributed by atoms with van der Waals surface area (Å²) in [6.07, 6.45) is 3.16. The van der Waals surface area contributed by atoms with Crippen molar-refractivity contribution in [3.8, 4) is 0 Å². The summed E-state index contributed by atoms with van der Waals surface area (Å²) in [6, 6.07) is 5.48. The Hall–Kier alpha value is -1.57. The molecule has 1 aromatic carbocycles. The van der Waals surface area contributed by atoms with Crippen molar-refractivity contribution >= 4 is 35.0 Å². The molecule has 2 heterocycles. The minimum absolute atomic E-state index is 0.0925. The topological polar surface area (TPSA) is 69.0 Å². The Morgan fingerprint density at radius 1 is 1.46 bits per heavy atom. The van der Waals surface area contributed by atoms with Crippen molar-refractivity contribution in [1.29, 1.82) is 0 Å². The van der Waals surface area contributed by atoms with Crippen molar-refractivity contribution in [2.45, 2.75) is 50.9 Å². The second kappa shape index (κ2) is 8.88. The highest BCUT2D eigenvalue weighted by Crippen LogP contribution is 2.24. The lowest BCUT2D eigenvalue weighted by atomic mass is 10.2. The molecule has 0 bridgehead atoms. The second-order valence-electron chi connectivity index (χ2n) is 6.25. The van der Waals surface area contributed by atoms with Crippen LogP contribution in [-0.4, -0.2) is 39.1 Å². The van der Waals surface area contributed by atoms with E-state index >= 15 is 0 Å². The van der Waals surface area contributed by atoms with Crippen molar-refractivity contribution in [2.75, 3.05) is 17.7 Å². The summed E-state index contributed by atoms with van der Waals surface area (Å²) in [7, 11) is 0. The van der Waals surface area contributed by atoms with Crippen LogP contribution in [0.1, 0.15) is 31.2 Å². The van der Waals surface area contributed by atoms with Crippen LogP contribution in [0.25, 0.3) is 0 Å². The van der Waals surface area contributed by atoms with E-state index in [0.717, 1.165) is 54.6 Å². The molecular formula is C18H23ClN4O2S. The fourth-order valence-electron chi connectivity index (χ4n) is 2.92. The van der Waals surface area contributed by atoms with Gasteiger partial charge in [-0.05, 0) is 37.5 Å². The number of nitrogens with zero attached hydrogens (tertiary/aromatic N) is 3. The SMILES string of the molecule is CCc1nnc(SCC(=O)Nc2cccc(Cl)c2C)n1CC1CCCO1. The fourth-order valence-corrected chi connectivity index (χ4v) is 3.86.